The predicted octanol–water partition coefficient (Wildman–Crippen LogP) is 3.96. The van der Waals surface area contributed by atoms with E-state index in [1.807, 2.05) is 0 Å². The van der Waals surface area contributed by atoms with E-state index in [1.165, 1.54) is 36.8 Å². The minimum atomic E-state index is 0.861. The number of rotatable bonds is 1. The van der Waals surface area contributed by atoms with Gasteiger partial charge in [0.15, 0.2) is 0 Å². The Kier molecular flexibility index (Phi) is 2.39. The second kappa shape index (κ2) is 3.53. The molecule has 70 valence electrons. The fourth-order valence-electron chi connectivity index (χ4n) is 2.45. The van der Waals surface area contributed by atoms with Gasteiger partial charge < -0.3 is 0 Å². The molecule has 0 aromatic heterocycles. The molecule has 1 aliphatic rings. The maximum absolute atomic E-state index is 2.32. The third kappa shape index (κ3) is 1.63. The van der Waals surface area contributed by atoms with Gasteiger partial charge in [-0.1, -0.05) is 31.0 Å². The van der Waals surface area contributed by atoms with E-state index in [2.05, 4.69) is 32.0 Å². The number of hydrogen-bond donors (Lipinski definition) is 0. The number of aryl methyl sites for hydroxylation is 1. The van der Waals surface area contributed by atoms with Crippen molar-refractivity contribution in [2.45, 2.75) is 45.4 Å². The van der Waals surface area contributed by atoms with Gasteiger partial charge in [-0.15, -0.1) is 0 Å². The zero-order chi connectivity index (χ0) is 9.26. The Morgan fingerprint density at radius 2 is 1.77 bits per heavy atom. The summed E-state index contributed by atoms with van der Waals surface area (Å²) < 4.78 is 0. The molecular weight excluding hydrogens is 156 g/mol. The molecule has 0 heteroatoms. The molecule has 0 unspecified atom stereocenters. The summed E-state index contributed by atoms with van der Waals surface area (Å²) >= 11 is 0. The van der Waals surface area contributed by atoms with Gasteiger partial charge in [-0.05, 0) is 49.3 Å². The average Bonchev–Trinajstić information content (AvgIpc) is 2.62. The molecule has 1 fully saturated rings. The van der Waals surface area contributed by atoms with Gasteiger partial charge in [0.2, 0.25) is 0 Å². The first-order valence-electron chi connectivity index (χ1n) is 5.35. The first-order chi connectivity index (χ1) is 6.29. The number of hydrogen-bond acceptors (Lipinski definition) is 0. The maximum Gasteiger partial charge on any atom is -0.0159 e. The third-order valence-electron chi connectivity index (χ3n) is 3.44. The molecule has 0 nitrogen and oxygen atoms in total. The molecule has 0 bridgehead atoms. The summed E-state index contributed by atoms with van der Waals surface area (Å²) in [6.07, 6.45) is 5.67. The zero-order valence-corrected chi connectivity index (χ0v) is 8.64. The van der Waals surface area contributed by atoms with Crippen molar-refractivity contribution in [3.63, 3.8) is 0 Å². The van der Waals surface area contributed by atoms with E-state index >= 15 is 0 Å². The van der Waals surface area contributed by atoms with E-state index < -0.39 is 0 Å². The Balaban J connectivity index is 2.33. The zero-order valence-electron chi connectivity index (χ0n) is 8.64. The van der Waals surface area contributed by atoms with E-state index in [0.717, 1.165) is 5.92 Å². The standard InChI is InChI=1S/C13H18/c1-10-6-5-9-13(11(10)2)12-7-3-4-8-12/h5-6,9,12H,3-4,7-8H2,1-2H3. The van der Waals surface area contributed by atoms with Crippen molar-refractivity contribution < 1.29 is 0 Å². The Morgan fingerprint density at radius 3 is 2.46 bits per heavy atom. The van der Waals surface area contributed by atoms with Gasteiger partial charge in [-0.25, -0.2) is 0 Å². The molecule has 0 heterocycles. The van der Waals surface area contributed by atoms with Crippen molar-refractivity contribution in [2.75, 3.05) is 0 Å². The molecule has 2 rings (SSSR count). The maximum atomic E-state index is 2.32. The third-order valence-corrected chi connectivity index (χ3v) is 3.44. The van der Waals surface area contributed by atoms with Crippen molar-refractivity contribution in [3.8, 4) is 0 Å². The van der Waals surface area contributed by atoms with Gasteiger partial charge in [0, 0.05) is 0 Å². The largest absolute Gasteiger partial charge is 0.0617 e. The van der Waals surface area contributed by atoms with Gasteiger partial charge in [0.05, 0.1) is 0 Å². The second-order valence-electron chi connectivity index (χ2n) is 4.27. The molecule has 0 amide bonds. The van der Waals surface area contributed by atoms with Crippen LogP contribution in [0.1, 0.15) is 48.3 Å². The smallest absolute Gasteiger partial charge is 0.0159 e. The van der Waals surface area contributed by atoms with Crippen LogP contribution in [0.4, 0.5) is 0 Å². The lowest BCUT2D eigenvalue weighted by molar-refractivity contribution is 0.717. The average molecular weight is 174 g/mol. The number of benzene rings is 1. The van der Waals surface area contributed by atoms with Gasteiger partial charge in [0.1, 0.15) is 0 Å². The van der Waals surface area contributed by atoms with Gasteiger partial charge in [-0.2, -0.15) is 0 Å². The summed E-state index contributed by atoms with van der Waals surface area (Å²) in [5, 5.41) is 0. The van der Waals surface area contributed by atoms with Crippen molar-refractivity contribution >= 4 is 0 Å². The molecule has 1 saturated carbocycles. The molecule has 0 spiro atoms. The minimum absolute atomic E-state index is 0.861. The van der Waals surface area contributed by atoms with Crippen molar-refractivity contribution in [2.24, 2.45) is 0 Å². The van der Waals surface area contributed by atoms with Crippen LogP contribution in [0, 0.1) is 13.8 Å². The van der Waals surface area contributed by atoms with E-state index in [-0.39, 0.29) is 0 Å². The van der Waals surface area contributed by atoms with Gasteiger partial charge >= 0.3 is 0 Å². The van der Waals surface area contributed by atoms with E-state index in [9.17, 15) is 0 Å². The Bertz CT molecular complexity index is 293. The van der Waals surface area contributed by atoms with Crippen LogP contribution in [0.15, 0.2) is 18.2 Å². The summed E-state index contributed by atoms with van der Waals surface area (Å²) in [4.78, 5) is 0. The van der Waals surface area contributed by atoms with Crippen LogP contribution < -0.4 is 0 Å². The Labute approximate surface area is 81.0 Å². The monoisotopic (exact) mass is 174 g/mol. The summed E-state index contributed by atoms with van der Waals surface area (Å²) in [5.74, 6) is 0.861. The van der Waals surface area contributed by atoms with Crippen LogP contribution >= 0.6 is 0 Å². The van der Waals surface area contributed by atoms with Crippen LogP contribution in [0.3, 0.4) is 0 Å². The molecule has 1 aromatic carbocycles. The van der Waals surface area contributed by atoms with Crippen molar-refractivity contribution in [1.82, 2.24) is 0 Å². The Hall–Kier alpha value is -0.780. The van der Waals surface area contributed by atoms with Crippen LogP contribution in [-0.2, 0) is 0 Å². The van der Waals surface area contributed by atoms with Crippen molar-refractivity contribution in [1.29, 1.82) is 0 Å². The molecule has 0 aliphatic heterocycles. The van der Waals surface area contributed by atoms with E-state index in [0.29, 0.717) is 0 Å². The van der Waals surface area contributed by atoms with Crippen molar-refractivity contribution in [3.05, 3.63) is 34.9 Å². The highest BCUT2D eigenvalue weighted by atomic mass is 14.2. The summed E-state index contributed by atoms with van der Waals surface area (Å²) in [6, 6.07) is 6.74. The first-order valence-corrected chi connectivity index (χ1v) is 5.35. The molecule has 13 heavy (non-hydrogen) atoms. The highest BCUT2D eigenvalue weighted by Gasteiger charge is 2.18. The lowest BCUT2D eigenvalue weighted by atomic mass is 9.91. The topological polar surface area (TPSA) is 0 Å². The predicted molar refractivity (Wildman–Crippen MR) is 57.1 cm³/mol. The quantitative estimate of drug-likeness (QED) is 0.604. The molecular formula is C13H18. The summed E-state index contributed by atoms with van der Waals surface area (Å²) in [7, 11) is 0. The van der Waals surface area contributed by atoms with Gasteiger partial charge in [0.25, 0.3) is 0 Å². The van der Waals surface area contributed by atoms with Crippen LogP contribution in [0.2, 0.25) is 0 Å². The molecule has 0 atom stereocenters. The molecule has 0 radical (unpaired) electrons. The first kappa shape index (κ1) is 8.80. The highest BCUT2D eigenvalue weighted by molar-refractivity contribution is 5.35. The summed E-state index contributed by atoms with van der Waals surface area (Å²) in [6.45, 7) is 4.48. The normalized spacial score (nSPS) is 18.0. The lowest BCUT2D eigenvalue weighted by Crippen LogP contribution is -1.97. The minimum Gasteiger partial charge on any atom is -0.0617 e. The lowest BCUT2D eigenvalue weighted by Gasteiger charge is -2.14. The molecule has 1 aromatic rings. The second-order valence-corrected chi connectivity index (χ2v) is 4.27. The summed E-state index contributed by atoms with van der Waals surface area (Å²) in [5.41, 5.74) is 4.58. The van der Waals surface area contributed by atoms with Gasteiger partial charge in [-0.3, -0.25) is 0 Å². The SMILES string of the molecule is Cc1cccc(C2CCCC2)c1C. The van der Waals surface area contributed by atoms with Crippen LogP contribution in [0.25, 0.3) is 0 Å². The molecule has 0 saturated heterocycles. The van der Waals surface area contributed by atoms with E-state index in [4.69, 9.17) is 0 Å². The van der Waals surface area contributed by atoms with E-state index in [1.54, 1.807) is 5.56 Å². The molecule has 1 aliphatic carbocycles. The van der Waals surface area contributed by atoms with Crippen LogP contribution in [0.5, 0.6) is 0 Å². The highest BCUT2D eigenvalue weighted by Crippen LogP contribution is 2.36. The molecule has 0 N–H and O–H groups in total. The fraction of sp³-hybridized carbons (Fsp3) is 0.538. The Morgan fingerprint density at radius 1 is 1.08 bits per heavy atom. The fourth-order valence-corrected chi connectivity index (χ4v) is 2.45. The van der Waals surface area contributed by atoms with Crippen LogP contribution in [-0.4, -0.2) is 0 Å².